The molecular weight excluding hydrogens is 324 g/mol. The van der Waals surface area contributed by atoms with E-state index >= 15 is 0 Å². The molecule has 5 rings (SSSR count). The number of hydrogen-bond donors (Lipinski definition) is 0. The van der Waals surface area contributed by atoms with Gasteiger partial charge in [0.15, 0.2) is 0 Å². The van der Waals surface area contributed by atoms with Gasteiger partial charge >= 0.3 is 0 Å². The highest BCUT2D eigenvalue weighted by Crippen LogP contribution is 2.55. The monoisotopic (exact) mass is 352 g/mol. The van der Waals surface area contributed by atoms with E-state index in [4.69, 9.17) is 9.47 Å². The molecule has 1 aromatic carbocycles. The van der Waals surface area contributed by atoms with E-state index in [1.165, 1.54) is 18.4 Å². The molecule has 1 aromatic rings. The minimum absolute atomic E-state index is 0.122. The SMILES string of the molecule is O=CCCCC12CCC(c3cccc(OC4C=CC=CC4)c3)(CC1)OC2. The lowest BCUT2D eigenvalue weighted by atomic mass is 9.62. The Morgan fingerprint density at radius 3 is 2.77 bits per heavy atom. The number of carbonyl (C=O) groups excluding carboxylic acids is 1. The second-order valence-electron chi connectivity index (χ2n) is 8.07. The van der Waals surface area contributed by atoms with E-state index in [1.54, 1.807) is 0 Å². The number of benzene rings is 1. The molecule has 2 saturated heterocycles. The van der Waals surface area contributed by atoms with Crippen LogP contribution in [0.3, 0.4) is 0 Å². The molecule has 2 bridgehead atoms. The highest BCUT2D eigenvalue weighted by molar-refractivity contribution is 5.49. The average molecular weight is 352 g/mol. The van der Waals surface area contributed by atoms with Crippen LogP contribution >= 0.6 is 0 Å². The van der Waals surface area contributed by atoms with E-state index in [0.717, 1.165) is 50.7 Å². The third kappa shape index (κ3) is 3.50. The van der Waals surface area contributed by atoms with Crippen molar-refractivity contribution >= 4 is 6.29 Å². The Hall–Kier alpha value is -1.87. The van der Waals surface area contributed by atoms with Crippen molar-refractivity contribution in [2.24, 2.45) is 5.41 Å². The van der Waals surface area contributed by atoms with Gasteiger partial charge in [0, 0.05) is 12.8 Å². The summed E-state index contributed by atoms with van der Waals surface area (Å²) in [5, 5.41) is 0. The smallest absolute Gasteiger partial charge is 0.121 e. The first-order chi connectivity index (χ1) is 12.7. The quantitative estimate of drug-likeness (QED) is 0.505. The van der Waals surface area contributed by atoms with Crippen LogP contribution in [0.15, 0.2) is 48.6 Å². The van der Waals surface area contributed by atoms with Gasteiger partial charge in [-0.1, -0.05) is 30.4 Å². The maximum atomic E-state index is 10.6. The Morgan fingerprint density at radius 2 is 2.08 bits per heavy atom. The molecule has 1 unspecified atom stereocenters. The van der Waals surface area contributed by atoms with Crippen molar-refractivity contribution in [3.8, 4) is 5.75 Å². The molecule has 0 aromatic heterocycles. The summed E-state index contributed by atoms with van der Waals surface area (Å²) < 4.78 is 12.6. The minimum Gasteiger partial charge on any atom is -0.486 e. The summed E-state index contributed by atoms with van der Waals surface area (Å²) in [7, 11) is 0. The van der Waals surface area contributed by atoms with Gasteiger partial charge in [-0.3, -0.25) is 0 Å². The van der Waals surface area contributed by atoms with Crippen molar-refractivity contribution in [1.29, 1.82) is 0 Å². The molecule has 4 aliphatic rings. The zero-order chi connectivity index (χ0) is 17.9. The zero-order valence-corrected chi connectivity index (χ0v) is 15.4. The highest BCUT2D eigenvalue weighted by Gasteiger charge is 2.50. The van der Waals surface area contributed by atoms with Gasteiger partial charge < -0.3 is 14.3 Å². The molecule has 1 atom stereocenters. The van der Waals surface area contributed by atoms with E-state index < -0.39 is 0 Å². The van der Waals surface area contributed by atoms with Crippen molar-refractivity contribution in [2.45, 2.75) is 63.1 Å². The summed E-state index contributed by atoms with van der Waals surface area (Å²) in [5.41, 5.74) is 1.41. The van der Waals surface area contributed by atoms with Gasteiger partial charge in [0.25, 0.3) is 0 Å². The van der Waals surface area contributed by atoms with Crippen LogP contribution in [0.1, 0.15) is 56.9 Å². The fourth-order valence-corrected chi connectivity index (χ4v) is 4.69. The lowest BCUT2D eigenvalue weighted by molar-refractivity contribution is -0.191. The van der Waals surface area contributed by atoms with Crippen LogP contribution in [0.2, 0.25) is 0 Å². The lowest BCUT2D eigenvalue weighted by Crippen LogP contribution is -2.49. The van der Waals surface area contributed by atoms with E-state index in [1.807, 2.05) is 12.1 Å². The number of fused-ring (bicyclic) bond motifs is 3. The first-order valence-corrected chi connectivity index (χ1v) is 9.92. The minimum atomic E-state index is -0.145. The Balaban J connectivity index is 1.44. The molecule has 2 aliphatic heterocycles. The maximum absolute atomic E-state index is 10.6. The molecule has 0 radical (unpaired) electrons. The Labute approximate surface area is 156 Å². The standard InChI is InChI=1S/C23H28O3/c24-16-5-4-11-22-12-14-23(15-13-22,25-18-22)19-7-6-10-21(17-19)26-20-8-2-1-3-9-20/h1-3,6-8,10,16-17,20H,4-5,9,11-15,18H2. The first kappa shape index (κ1) is 17.5. The number of unbranched alkanes of at least 4 members (excludes halogenated alkanes) is 1. The summed E-state index contributed by atoms with van der Waals surface area (Å²) in [6, 6.07) is 8.50. The van der Waals surface area contributed by atoms with E-state index in [9.17, 15) is 4.79 Å². The van der Waals surface area contributed by atoms with Gasteiger partial charge in [-0.05, 0) is 67.7 Å². The number of hydrogen-bond acceptors (Lipinski definition) is 3. The van der Waals surface area contributed by atoms with Crippen molar-refractivity contribution in [2.75, 3.05) is 6.61 Å². The summed E-state index contributed by atoms with van der Waals surface area (Å²) in [6.45, 7) is 0.826. The molecule has 138 valence electrons. The molecule has 2 heterocycles. The van der Waals surface area contributed by atoms with E-state index in [2.05, 4.69) is 36.4 Å². The van der Waals surface area contributed by atoms with Crippen LogP contribution in [-0.4, -0.2) is 19.0 Å². The third-order valence-corrected chi connectivity index (χ3v) is 6.39. The fraction of sp³-hybridized carbons (Fsp3) is 0.522. The van der Waals surface area contributed by atoms with Crippen LogP contribution in [0.5, 0.6) is 5.75 Å². The number of rotatable bonds is 7. The second kappa shape index (κ2) is 7.40. The van der Waals surface area contributed by atoms with Gasteiger partial charge in [0.1, 0.15) is 18.1 Å². The molecule has 0 amide bonds. The normalized spacial score (nSPS) is 32.5. The molecule has 26 heavy (non-hydrogen) atoms. The van der Waals surface area contributed by atoms with E-state index in [-0.39, 0.29) is 11.7 Å². The second-order valence-corrected chi connectivity index (χ2v) is 8.07. The Bertz CT molecular complexity index is 679. The topological polar surface area (TPSA) is 35.5 Å². The van der Waals surface area contributed by atoms with Crippen molar-refractivity contribution in [1.82, 2.24) is 0 Å². The number of allylic oxidation sites excluding steroid dienone is 2. The summed E-state index contributed by atoms with van der Waals surface area (Å²) in [5.74, 6) is 0.929. The largest absolute Gasteiger partial charge is 0.486 e. The molecule has 3 heteroatoms. The van der Waals surface area contributed by atoms with Crippen LogP contribution in [-0.2, 0) is 15.1 Å². The molecular formula is C23H28O3. The predicted molar refractivity (Wildman–Crippen MR) is 102 cm³/mol. The lowest BCUT2D eigenvalue weighted by Gasteiger charge is -2.53. The fourth-order valence-electron chi connectivity index (χ4n) is 4.69. The Kier molecular flexibility index (Phi) is 4.99. The average Bonchev–Trinajstić information content (AvgIpc) is 2.71. The van der Waals surface area contributed by atoms with Gasteiger partial charge in [0.05, 0.1) is 12.2 Å². The van der Waals surface area contributed by atoms with Crippen molar-refractivity contribution < 1.29 is 14.3 Å². The molecule has 0 N–H and O–H groups in total. The number of carbonyl (C=O) groups is 1. The summed E-state index contributed by atoms with van der Waals surface area (Å²) >= 11 is 0. The van der Waals surface area contributed by atoms with E-state index in [0.29, 0.717) is 11.8 Å². The molecule has 1 saturated carbocycles. The van der Waals surface area contributed by atoms with Crippen LogP contribution in [0.25, 0.3) is 0 Å². The summed E-state index contributed by atoms with van der Waals surface area (Å²) in [6.07, 6.45) is 17.8. The molecule has 0 spiro atoms. The number of ether oxygens (including phenoxy) is 2. The third-order valence-electron chi connectivity index (χ3n) is 6.39. The van der Waals surface area contributed by atoms with Gasteiger partial charge in [-0.25, -0.2) is 0 Å². The zero-order valence-electron chi connectivity index (χ0n) is 15.4. The van der Waals surface area contributed by atoms with Gasteiger partial charge in [-0.15, -0.1) is 0 Å². The number of aldehydes is 1. The predicted octanol–water partition coefficient (Wildman–Crippen LogP) is 5.11. The van der Waals surface area contributed by atoms with Crippen LogP contribution < -0.4 is 4.74 Å². The molecule has 3 nitrogen and oxygen atoms in total. The maximum Gasteiger partial charge on any atom is 0.121 e. The molecule has 2 aliphatic carbocycles. The van der Waals surface area contributed by atoms with Crippen molar-refractivity contribution in [3.63, 3.8) is 0 Å². The first-order valence-electron chi connectivity index (χ1n) is 9.92. The van der Waals surface area contributed by atoms with Gasteiger partial charge in [-0.2, -0.15) is 0 Å². The van der Waals surface area contributed by atoms with Crippen LogP contribution in [0.4, 0.5) is 0 Å². The summed E-state index contributed by atoms with van der Waals surface area (Å²) in [4.78, 5) is 10.6. The molecule has 3 fully saturated rings. The van der Waals surface area contributed by atoms with Crippen molar-refractivity contribution in [3.05, 3.63) is 54.1 Å². The van der Waals surface area contributed by atoms with Gasteiger partial charge in [0.2, 0.25) is 0 Å². The highest BCUT2D eigenvalue weighted by atomic mass is 16.5. The Morgan fingerprint density at radius 1 is 1.19 bits per heavy atom. The van der Waals surface area contributed by atoms with Crippen LogP contribution in [0, 0.1) is 5.41 Å².